The third-order valence-corrected chi connectivity index (χ3v) is 9.10. The number of hydrogen-bond acceptors (Lipinski definition) is 7. The van der Waals surface area contributed by atoms with Crippen molar-refractivity contribution in [2.24, 2.45) is 17.0 Å². The minimum atomic E-state index is -1.34. The summed E-state index contributed by atoms with van der Waals surface area (Å²) in [6.07, 6.45) is 11.0. The predicted molar refractivity (Wildman–Crippen MR) is 139 cm³/mol. The molecule has 1 aromatic heterocycles. The molecule has 198 valence electrons. The Hall–Kier alpha value is -2.78. The van der Waals surface area contributed by atoms with Crippen molar-refractivity contribution in [1.82, 2.24) is 14.5 Å². The lowest BCUT2D eigenvalue weighted by Gasteiger charge is -2.54. The number of aromatic nitrogens is 2. The van der Waals surface area contributed by atoms with Crippen LogP contribution >= 0.6 is 0 Å². The molecule has 4 bridgehead atoms. The summed E-state index contributed by atoms with van der Waals surface area (Å²) < 4.78 is 7.82. The Morgan fingerprint density at radius 1 is 1.00 bits per heavy atom. The van der Waals surface area contributed by atoms with Crippen LogP contribution in [-0.2, 0) is 14.4 Å². The summed E-state index contributed by atoms with van der Waals surface area (Å²) in [5.74, 6) is 0.344. The van der Waals surface area contributed by atoms with Crippen LogP contribution in [0.25, 0.3) is 11.0 Å². The average Bonchev–Trinajstić information content (AvgIpc) is 3.05. The first kappa shape index (κ1) is 24.6. The summed E-state index contributed by atoms with van der Waals surface area (Å²) in [5, 5.41) is 13.4. The lowest BCUT2D eigenvalue weighted by atomic mass is 9.75. The second-order valence-electron chi connectivity index (χ2n) is 11.3. The van der Waals surface area contributed by atoms with Gasteiger partial charge in [-0.05, 0) is 56.1 Å². The highest BCUT2D eigenvalue weighted by molar-refractivity contribution is 6.41. The first-order valence-electron chi connectivity index (χ1n) is 13.7. The monoisotopic (exact) mass is 508 g/mol. The molecule has 5 atom stereocenters. The number of nitrogens with zero attached hydrogens (tertiary/aromatic N) is 4. The van der Waals surface area contributed by atoms with Crippen LogP contribution in [0.3, 0.4) is 0 Å². The fourth-order valence-corrected chi connectivity index (χ4v) is 7.78. The number of aliphatic carboxylic acids is 1. The van der Waals surface area contributed by atoms with Gasteiger partial charge >= 0.3 is 5.97 Å². The molecule has 4 aliphatic rings. The van der Waals surface area contributed by atoms with E-state index in [0.717, 1.165) is 30.2 Å². The lowest BCUT2D eigenvalue weighted by Crippen LogP contribution is -2.62. The Balaban J connectivity index is 1.36. The maximum atomic E-state index is 13.8. The highest BCUT2D eigenvalue weighted by Crippen LogP contribution is 2.44. The second-order valence-corrected chi connectivity index (χ2v) is 11.3. The van der Waals surface area contributed by atoms with E-state index >= 15 is 0 Å². The maximum absolute atomic E-state index is 13.8. The molecule has 1 unspecified atom stereocenters. The fraction of sp³-hybridized carbons (Fsp3) is 0.643. The van der Waals surface area contributed by atoms with E-state index in [-0.39, 0.29) is 23.8 Å². The summed E-state index contributed by atoms with van der Waals surface area (Å²) in [4.78, 5) is 37.7. The minimum Gasteiger partial charge on any atom is -0.476 e. The zero-order valence-electron chi connectivity index (χ0n) is 21.4. The van der Waals surface area contributed by atoms with Crippen molar-refractivity contribution in [3.8, 4) is 0 Å². The Morgan fingerprint density at radius 2 is 1.68 bits per heavy atom. The topological polar surface area (TPSA) is 106 Å². The second kappa shape index (κ2) is 10.2. The molecule has 0 spiro atoms. The number of carbonyl (C=O) groups is 1. The first-order valence-corrected chi connectivity index (χ1v) is 13.7. The number of morpholine rings is 1. The molecule has 0 amide bonds. The van der Waals surface area contributed by atoms with Gasteiger partial charge in [0.15, 0.2) is 5.69 Å². The largest absolute Gasteiger partial charge is 0.476 e. The van der Waals surface area contributed by atoms with Gasteiger partial charge in [0.1, 0.15) is 7.11 Å². The number of ether oxygens (including phenoxy) is 1. The number of carboxylic acid groups (broad SMARTS) is 1. The molecule has 9 heteroatoms. The first-order chi connectivity index (χ1) is 18.0. The molecular weight excluding hydrogens is 472 g/mol. The van der Waals surface area contributed by atoms with E-state index in [2.05, 4.69) is 15.0 Å². The molecule has 1 aromatic carbocycles. The zero-order valence-corrected chi connectivity index (χ0v) is 21.4. The van der Waals surface area contributed by atoms with E-state index in [9.17, 15) is 14.7 Å². The summed E-state index contributed by atoms with van der Waals surface area (Å²) in [7, 11) is 1.26. The molecule has 4 fully saturated rings. The summed E-state index contributed by atoms with van der Waals surface area (Å²) >= 11 is 0. The lowest BCUT2D eigenvalue weighted by molar-refractivity contribution is -0.129. The fourth-order valence-electron chi connectivity index (χ4n) is 7.78. The molecule has 1 N–H and O–H groups in total. The Kier molecular flexibility index (Phi) is 6.75. The minimum absolute atomic E-state index is 0.0715. The number of para-hydroxylation sites is 2. The van der Waals surface area contributed by atoms with Crippen LogP contribution in [0.1, 0.15) is 69.5 Å². The Labute approximate surface area is 216 Å². The molecule has 2 aliphatic carbocycles. The number of benzene rings is 1. The van der Waals surface area contributed by atoms with E-state index in [1.807, 2.05) is 24.3 Å². The van der Waals surface area contributed by atoms with Gasteiger partial charge in [0.25, 0.3) is 5.56 Å². The van der Waals surface area contributed by atoms with Crippen LogP contribution < -0.4 is 5.56 Å². The van der Waals surface area contributed by atoms with Crippen molar-refractivity contribution in [2.75, 3.05) is 20.3 Å². The van der Waals surface area contributed by atoms with Crippen LogP contribution in [-0.4, -0.2) is 69.7 Å². The predicted octanol–water partition coefficient (Wildman–Crippen LogP) is 3.59. The number of carboxylic acids is 1. The number of hydrogen-bond donors (Lipinski definition) is 1. The highest BCUT2D eigenvalue weighted by atomic mass is 16.6. The van der Waals surface area contributed by atoms with Crippen molar-refractivity contribution < 1.29 is 19.5 Å². The SMILES string of the molecule is CON=C(C(=O)O)c1nc2ccccc2n(C2C[C@H]3COC[C@H](C2)N3[C@@H]2CC3CCCC[C@H](C3)C2)c1=O. The van der Waals surface area contributed by atoms with E-state index in [1.165, 1.54) is 52.1 Å². The van der Waals surface area contributed by atoms with Crippen LogP contribution in [0.15, 0.2) is 34.2 Å². The van der Waals surface area contributed by atoms with Crippen molar-refractivity contribution in [2.45, 2.75) is 82.0 Å². The molecule has 9 nitrogen and oxygen atoms in total. The Morgan fingerprint density at radius 3 is 2.32 bits per heavy atom. The van der Waals surface area contributed by atoms with E-state index in [4.69, 9.17) is 9.57 Å². The summed E-state index contributed by atoms with van der Waals surface area (Å²) in [6, 6.07) is 8.45. The summed E-state index contributed by atoms with van der Waals surface area (Å²) in [6.45, 7) is 1.35. The van der Waals surface area contributed by atoms with Gasteiger partial charge in [-0.25, -0.2) is 9.78 Å². The smallest absolute Gasteiger partial charge is 0.360 e. The van der Waals surface area contributed by atoms with Crippen molar-refractivity contribution >= 4 is 22.7 Å². The van der Waals surface area contributed by atoms with E-state index < -0.39 is 17.2 Å². The van der Waals surface area contributed by atoms with Gasteiger partial charge in [-0.1, -0.05) is 43.0 Å². The molecule has 37 heavy (non-hydrogen) atoms. The van der Waals surface area contributed by atoms with Gasteiger partial charge in [0, 0.05) is 24.2 Å². The van der Waals surface area contributed by atoms with Gasteiger partial charge in [-0.15, -0.1) is 0 Å². The maximum Gasteiger partial charge on any atom is 0.360 e. The quantitative estimate of drug-likeness (QED) is 0.486. The van der Waals surface area contributed by atoms with Crippen LogP contribution in [0, 0.1) is 11.8 Å². The number of rotatable bonds is 5. The zero-order chi connectivity index (χ0) is 25.5. The molecule has 2 aromatic rings. The van der Waals surface area contributed by atoms with Gasteiger partial charge in [-0.3, -0.25) is 9.69 Å². The van der Waals surface area contributed by atoms with E-state index in [0.29, 0.717) is 24.8 Å². The molecular formula is C28H36N4O5. The molecule has 3 heterocycles. The highest BCUT2D eigenvalue weighted by Gasteiger charge is 2.46. The van der Waals surface area contributed by atoms with Gasteiger partial charge in [-0.2, -0.15) is 0 Å². The standard InChI is InChI=1S/C28H36N4O5/c1-36-30-26(28(34)35)25-27(33)32(24-9-5-4-8-23(24)29-25)20-13-21-15-37-16-22(14-20)31(21)19-11-17-6-2-3-7-18(10-17)12-19/h4-5,8-9,17-22H,2-3,6-7,10-16H2,1H3,(H,34,35)/t17-,18?,19+,21+,22+/m1/s1. The molecule has 6 rings (SSSR count). The molecule has 2 aliphatic heterocycles. The summed E-state index contributed by atoms with van der Waals surface area (Å²) in [5.41, 5.74) is 0.200. The molecule has 0 radical (unpaired) electrons. The van der Waals surface area contributed by atoms with Crippen molar-refractivity contribution in [1.29, 1.82) is 0 Å². The van der Waals surface area contributed by atoms with Crippen LogP contribution in [0.4, 0.5) is 0 Å². The van der Waals surface area contributed by atoms with Gasteiger partial charge in [0.05, 0.1) is 24.2 Å². The van der Waals surface area contributed by atoms with Gasteiger partial charge < -0.3 is 19.2 Å². The van der Waals surface area contributed by atoms with Gasteiger partial charge in [0.2, 0.25) is 5.71 Å². The molecule has 2 saturated carbocycles. The Bertz CT molecular complexity index is 1230. The molecule has 2 saturated heterocycles. The third-order valence-electron chi connectivity index (χ3n) is 9.10. The van der Waals surface area contributed by atoms with Crippen LogP contribution in [0.2, 0.25) is 0 Å². The number of oxime groups is 1. The average molecular weight is 509 g/mol. The van der Waals surface area contributed by atoms with Crippen molar-refractivity contribution in [3.05, 3.63) is 40.3 Å². The van der Waals surface area contributed by atoms with Crippen LogP contribution in [0.5, 0.6) is 0 Å². The van der Waals surface area contributed by atoms with Crippen molar-refractivity contribution in [3.63, 3.8) is 0 Å². The number of piperidine rings is 1. The third kappa shape index (κ3) is 4.56. The number of fused-ring (bicyclic) bond motifs is 5. The normalized spacial score (nSPS) is 32.6. The van der Waals surface area contributed by atoms with E-state index in [1.54, 1.807) is 4.57 Å².